The molecule has 3 nitrogen and oxygen atoms in total. The van der Waals surface area contributed by atoms with Crippen LogP contribution < -0.4 is 4.80 Å². The smallest absolute Gasteiger partial charge is 0.272 e. The third-order valence-electron chi connectivity index (χ3n) is 3.38. The van der Waals surface area contributed by atoms with Crippen molar-refractivity contribution in [2.45, 2.75) is 6.54 Å². The van der Waals surface area contributed by atoms with E-state index in [1.165, 1.54) is 17.4 Å². The quantitative estimate of drug-likeness (QED) is 0.494. The van der Waals surface area contributed by atoms with Crippen LogP contribution in [0.5, 0.6) is 0 Å². The zero-order chi connectivity index (χ0) is 16.9. The van der Waals surface area contributed by atoms with E-state index in [0.29, 0.717) is 16.4 Å². The number of aromatic nitrogens is 1. The lowest BCUT2D eigenvalue weighted by Gasteiger charge is -2.00. The van der Waals surface area contributed by atoms with Crippen molar-refractivity contribution in [2.24, 2.45) is 4.99 Å². The van der Waals surface area contributed by atoms with Crippen LogP contribution in [0.15, 0.2) is 72.3 Å². The Morgan fingerprint density at radius 1 is 1.25 bits per heavy atom. The Kier molecular flexibility index (Phi) is 5.08. The molecule has 0 N–H and O–H groups in total. The molecule has 0 aliphatic heterocycles. The SMILES string of the molecule is C=CCn1c(=NC(=O)/C=C/c2ccccc2)sc2cc(Cl)ccc21. The molecule has 0 bridgehead atoms. The molecule has 3 rings (SSSR count). The summed E-state index contributed by atoms with van der Waals surface area (Å²) in [4.78, 5) is 17.0. The Balaban J connectivity index is 1.99. The van der Waals surface area contributed by atoms with Gasteiger partial charge in [-0.3, -0.25) is 4.79 Å². The fourth-order valence-electron chi connectivity index (χ4n) is 2.30. The van der Waals surface area contributed by atoms with E-state index >= 15 is 0 Å². The Morgan fingerprint density at radius 2 is 2.04 bits per heavy atom. The Bertz CT molecular complexity index is 984. The van der Waals surface area contributed by atoms with Gasteiger partial charge in [-0.2, -0.15) is 4.99 Å². The lowest BCUT2D eigenvalue weighted by Crippen LogP contribution is -2.15. The van der Waals surface area contributed by atoms with Gasteiger partial charge in [-0.1, -0.05) is 59.3 Å². The van der Waals surface area contributed by atoms with Crippen LogP contribution in [0.25, 0.3) is 16.3 Å². The number of rotatable bonds is 4. The molecule has 0 aliphatic carbocycles. The second-order valence-corrected chi connectivity index (χ2v) is 6.54. The van der Waals surface area contributed by atoms with Crippen molar-refractivity contribution in [1.29, 1.82) is 0 Å². The number of benzene rings is 2. The summed E-state index contributed by atoms with van der Waals surface area (Å²) in [7, 11) is 0. The number of carbonyl (C=O) groups excluding carboxylic acids is 1. The Hall–Kier alpha value is -2.43. The van der Waals surface area contributed by atoms with Gasteiger partial charge in [-0.05, 0) is 29.8 Å². The number of halogens is 1. The lowest BCUT2D eigenvalue weighted by atomic mass is 10.2. The first-order valence-electron chi connectivity index (χ1n) is 7.39. The van der Waals surface area contributed by atoms with Gasteiger partial charge >= 0.3 is 0 Å². The maximum Gasteiger partial charge on any atom is 0.272 e. The predicted molar refractivity (Wildman–Crippen MR) is 101 cm³/mol. The van der Waals surface area contributed by atoms with Crippen LogP contribution in [0.4, 0.5) is 0 Å². The van der Waals surface area contributed by atoms with Gasteiger partial charge < -0.3 is 4.57 Å². The molecule has 1 amide bonds. The first-order chi connectivity index (χ1) is 11.7. The van der Waals surface area contributed by atoms with Crippen LogP contribution in [0, 0.1) is 0 Å². The first kappa shape index (κ1) is 16.4. The van der Waals surface area contributed by atoms with Crippen molar-refractivity contribution in [3.05, 3.63) is 82.6 Å². The van der Waals surface area contributed by atoms with Gasteiger partial charge in [0.15, 0.2) is 4.80 Å². The maximum atomic E-state index is 12.2. The summed E-state index contributed by atoms with van der Waals surface area (Å²) in [5.74, 6) is -0.297. The summed E-state index contributed by atoms with van der Waals surface area (Å²) in [5.41, 5.74) is 1.95. The third-order valence-corrected chi connectivity index (χ3v) is 4.66. The van der Waals surface area contributed by atoms with E-state index in [2.05, 4.69) is 11.6 Å². The zero-order valence-corrected chi connectivity index (χ0v) is 14.4. The van der Waals surface area contributed by atoms with Gasteiger partial charge in [0.25, 0.3) is 5.91 Å². The minimum atomic E-state index is -0.297. The highest BCUT2D eigenvalue weighted by atomic mass is 35.5. The van der Waals surface area contributed by atoms with Gasteiger partial charge in [0, 0.05) is 17.6 Å². The number of fused-ring (bicyclic) bond motifs is 1. The van der Waals surface area contributed by atoms with Gasteiger partial charge in [0.2, 0.25) is 0 Å². The van der Waals surface area contributed by atoms with E-state index in [1.807, 2.05) is 53.1 Å². The highest BCUT2D eigenvalue weighted by molar-refractivity contribution is 7.16. The summed E-state index contributed by atoms with van der Waals surface area (Å²) in [5, 5.41) is 0.663. The number of hydrogen-bond acceptors (Lipinski definition) is 2. The number of carbonyl (C=O) groups is 1. The molecule has 0 atom stereocenters. The number of thiazole rings is 1. The third kappa shape index (κ3) is 3.72. The van der Waals surface area contributed by atoms with Crippen molar-refractivity contribution in [1.82, 2.24) is 4.57 Å². The van der Waals surface area contributed by atoms with Crippen LogP contribution in [-0.2, 0) is 11.3 Å². The monoisotopic (exact) mass is 354 g/mol. The Labute approximate surface area is 148 Å². The molecule has 0 radical (unpaired) electrons. The minimum Gasteiger partial charge on any atom is -0.312 e. The molecular weight excluding hydrogens is 340 g/mol. The van der Waals surface area contributed by atoms with Crippen LogP contribution >= 0.6 is 22.9 Å². The normalized spacial score (nSPS) is 12.1. The molecule has 0 fully saturated rings. The molecule has 0 saturated carbocycles. The fraction of sp³-hybridized carbons (Fsp3) is 0.0526. The van der Waals surface area contributed by atoms with E-state index in [4.69, 9.17) is 11.6 Å². The van der Waals surface area contributed by atoms with Gasteiger partial charge in [-0.15, -0.1) is 6.58 Å². The van der Waals surface area contributed by atoms with Gasteiger partial charge in [-0.25, -0.2) is 0 Å². The van der Waals surface area contributed by atoms with Gasteiger partial charge in [0.05, 0.1) is 10.2 Å². The van der Waals surface area contributed by atoms with Crippen LogP contribution in [0.2, 0.25) is 5.02 Å². The molecule has 3 aromatic rings. The molecule has 0 saturated heterocycles. The van der Waals surface area contributed by atoms with Crippen molar-refractivity contribution >= 4 is 45.1 Å². The van der Waals surface area contributed by atoms with Crippen molar-refractivity contribution in [3.63, 3.8) is 0 Å². The van der Waals surface area contributed by atoms with E-state index in [0.717, 1.165) is 15.8 Å². The molecule has 24 heavy (non-hydrogen) atoms. The van der Waals surface area contributed by atoms with Crippen molar-refractivity contribution in [3.8, 4) is 0 Å². The minimum absolute atomic E-state index is 0.297. The summed E-state index contributed by atoms with van der Waals surface area (Å²) in [6.45, 7) is 4.35. The van der Waals surface area contributed by atoms with Crippen molar-refractivity contribution in [2.75, 3.05) is 0 Å². The second-order valence-electron chi connectivity index (χ2n) is 5.09. The molecular formula is C19H15ClN2OS. The maximum absolute atomic E-state index is 12.2. The summed E-state index contributed by atoms with van der Waals surface area (Å²) >= 11 is 7.49. The average Bonchev–Trinajstić information content (AvgIpc) is 2.91. The van der Waals surface area contributed by atoms with E-state index in [1.54, 1.807) is 12.2 Å². The van der Waals surface area contributed by atoms with Crippen molar-refractivity contribution < 1.29 is 4.79 Å². The first-order valence-corrected chi connectivity index (χ1v) is 8.58. The molecule has 0 unspecified atom stereocenters. The molecule has 5 heteroatoms. The summed E-state index contributed by atoms with van der Waals surface area (Å²) in [6, 6.07) is 15.3. The molecule has 1 heterocycles. The molecule has 120 valence electrons. The van der Waals surface area contributed by atoms with E-state index in [9.17, 15) is 4.79 Å². The topological polar surface area (TPSA) is 34.4 Å². The highest BCUT2D eigenvalue weighted by Gasteiger charge is 2.06. The largest absolute Gasteiger partial charge is 0.312 e. The molecule has 2 aromatic carbocycles. The number of allylic oxidation sites excluding steroid dienone is 1. The summed E-state index contributed by atoms with van der Waals surface area (Å²) < 4.78 is 2.94. The molecule has 0 spiro atoms. The van der Waals surface area contributed by atoms with Gasteiger partial charge in [0.1, 0.15) is 0 Å². The molecule has 1 aromatic heterocycles. The predicted octanol–water partition coefficient (Wildman–Crippen LogP) is 4.68. The van der Waals surface area contributed by atoms with Crippen LogP contribution in [0.1, 0.15) is 5.56 Å². The highest BCUT2D eigenvalue weighted by Crippen LogP contribution is 2.21. The Morgan fingerprint density at radius 3 is 2.79 bits per heavy atom. The number of amides is 1. The van der Waals surface area contributed by atoms with Crippen LogP contribution in [0.3, 0.4) is 0 Å². The van der Waals surface area contributed by atoms with Crippen LogP contribution in [-0.4, -0.2) is 10.5 Å². The molecule has 0 aliphatic rings. The number of nitrogens with zero attached hydrogens (tertiary/aromatic N) is 2. The van der Waals surface area contributed by atoms with E-state index in [-0.39, 0.29) is 5.91 Å². The lowest BCUT2D eigenvalue weighted by molar-refractivity contribution is -0.113. The zero-order valence-electron chi connectivity index (χ0n) is 12.9. The van der Waals surface area contributed by atoms with E-state index < -0.39 is 0 Å². The number of hydrogen-bond donors (Lipinski definition) is 0. The average molecular weight is 355 g/mol. The standard InChI is InChI=1S/C19H15ClN2OS/c1-2-12-22-16-10-9-15(20)13-17(16)24-19(22)21-18(23)11-8-14-6-4-3-5-7-14/h2-11,13H,1,12H2/b11-8+,21-19?. The summed E-state index contributed by atoms with van der Waals surface area (Å²) in [6.07, 6.45) is 5.02. The fourth-order valence-corrected chi connectivity index (χ4v) is 3.62. The second kappa shape index (κ2) is 7.43.